The van der Waals surface area contributed by atoms with Gasteiger partial charge in [0.15, 0.2) is 24.5 Å². The van der Waals surface area contributed by atoms with Gasteiger partial charge >= 0.3 is 23.6 Å². The summed E-state index contributed by atoms with van der Waals surface area (Å²) in [7, 11) is 0. The number of aromatic nitrogens is 2. The topological polar surface area (TPSA) is 213 Å². The number of carbonyl (C=O) groups excluding carboxylic acids is 3. The monoisotopic (exact) mass is 520 g/mol. The molecule has 2 aliphatic rings. The van der Waals surface area contributed by atoms with Crippen molar-refractivity contribution in [2.75, 3.05) is 6.61 Å². The molecule has 0 bridgehead atoms. The summed E-state index contributed by atoms with van der Waals surface area (Å²) in [5, 5.41) is 30.4. The van der Waals surface area contributed by atoms with E-state index >= 15 is 0 Å². The molecule has 0 aromatic carbocycles. The molecule has 16 heteroatoms. The molecule has 9 atom stereocenters. The molecule has 0 aliphatic carbocycles. The fourth-order valence-electron chi connectivity index (χ4n) is 4.08. The molecule has 1 aromatic heterocycles. The number of halogens is 1. The van der Waals surface area contributed by atoms with Crippen molar-refractivity contribution in [3.8, 4) is 0 Å². The van der Waals surface area contributed by atoms with Crippen LogP contribution in [0.5, 0.6) is 0 Å². The molecule has 2 aliphatic heterocycles. The first-order valence-corrected chi connectivity index (χ1v) is 10.7. The van der Waals surface area contributed by atoms with E-state index in [1.165, 1.54) is 0 Å². The van der Waals surface area contributed by atoms with Crippen molar-refractivity contribution in [1.82, 2.24) is 9.55 Å². The van der Waals surface area contributed by atoms with E-state index in [9.17, 15) is 43.7 Å². The Morgan fingerprint density at radius 1 is 1.03 bits per heavy atom. The standard InChI is InChI=1S/C20H25FN2O13/c1-6(24)33-14(13-12(29)11(28)10(27)5-32-13)15-16(34-7(2)25)17(35-8(3)26)19(36-15)23-4-9(21)18(30)22-20(23)31/h4,10-17,19,27-29H,5H2,1-3H3,(H,22,30,31)/t10-,11-,12+,13?,14?,15-,16-,17-,19-/m1/s1. The van der Waals surface area contributed by atoms with Gasteiger partial charge in [0.1, 0.15) is 30.5 Å². The fourth-order valence-corrected chi connectivity index (χ4v) is 4.08. The van der Waals surface area contributed by atoms with Gasteiger partial charge < -0.3 is 39.0 Å². The lowest BCUT2D eigenvalue weighted by Crippen LogP contribution is -2.61. The van der Waals surface area contributed by atoms with Gasteiger partial charge in [0, 0.05) is 20.8 Å². The number of ether oxygens (including phenoxy) is 5. The number of aromatic amines is 1. The second kappa shape index (κ2) is 10.8. The zero-order valence-electron chi connectivity index (χ0n) is 19.2. The van der Waals surface area contributed by atoms with Crippen LogP contribution in [0.4, 0.5) is 4.39 Å². The van der Waals surface area contributed by atoms with Gasteiger partial charge in [0.25, 0.3) is 5.56 Å². The highest BCUT2D eigenvalue weighted by Crippen LogP contribution is 2.38. The summed E-state index contributed by atoms with van der Waals surface area (Å²) in [6.07, 6.45) is -14.4. The van der Waals surface area contributed by atoms with Crippen LogP contribution >= 0.6 is 0 Å². The lowest BCUT2D eigenvalue weighted by atomic mass is 9.91. The minimum atomic E-state index is -1.83. The molecular formula is C20H25FN2O13. The van der Waals surface area contributed by atoms with Crippen LogP contribution in [0.25, 0.3) is 0 Å². The summed E-state index contributed by atoms with van der Waals surface area (Å²) in [5.74, 6) is -4.18. The molecule has 200 valence electrons. The number of hydrogen-bond acceptors (Lipinski definition) is 13. The van der Waals surface area contributed by atoms with Gasteiger partial charge in [-0.3, -0.25) is 28.7 Å². The lowest BCUT2D eigenvalue weighted by molar-refractivity contribution is -0.238. The SMILES string of the molecule is CC(=O)OC(C1OC[C@@H](O)[C@@H](O)[C@@H]1O)[C@H]1O[C@@H](n2cc(F)c(=O)[nH]c2=O)[C@H](OC(C)=O)[C@@H]1OC(C)=O. The Balaban J connectivity index is 2.12. The molecule has 2 fully saturated rings. The summed E-state index contributed by atoms with van der Waals surface area (Å²) in [6.45, 7) is 2.48. The van der Waals surface area contributed by atoms with Crippen molar-refractivity contribution in [3.63, 3.8) is 0 Å². The van der Waals surface area contributed by atoms with Crippen LogP contribution in [0.1, 0.15) is 27.0 Å². The third-order valence-corrected chi connectivity index (χ3v) is 5.52. The van der Waals surface area contributed by atoms with Gasteiger partial charge in [-0.05, 0) is 0 Å². The molecule has 3 rings (SSSR count). The average Bonchev–Trinajstić information content (AvgIpc) is 3.09. The molecule has 3 heterocycles. The van der Waals surface area contributed by atoms with E-state index in [1.54, 1.807) is 4.98 Å². The highest BCUT2D eigenvalue weighted by atomic mass is 19.1. The first kappa shape index (κ1) is 27.4. The Morgan fingerprint density at radius 2 is 1.64 bits per heavy atom. The Bertz CT molecular complexity index is 1120. The normalized spacial score (nSPS) is 33.0. The van der Waals surface area contributed by atoms with E-state index in [4.69, 9.17) is 23.7 Å². The molecule has 4 N–H and O–H groups in total. The summed E-state index contributed by atoms with van der Waals surface area (Å²) in [4.78, 5) is 61.3. The molecular weight excluding hydrogens is 495 g/mol. The van der Waals surface area contributed by atoms with Crippen LogP contribution in [-0.2, 0) is 38.1 Å². The Hall–Kier alpha value is -3.18. The highest BCUT2D eigenvalue weighted by Gasteiger charge is 2.58. The van der Waals surface area contributed by atoms with Crippen LogP contribution < -0.4 is 11.2 Å². The Morgan fingerprint density at radius 3 is 2.22 bits per heavy atom. The largest absolute Gasteiger partial charge is 0.457 e. The summed E-state index contributed by atoms with van der Waals surface area (Å²) < 4.78 is 41.4. The zero-order chi connectivity index (χ0) is 26.9. The van der Waals surface area contributed by atoms with Crippen molar-refractivity contribution in [2.45, 2.75) is 75.8 Å². The van der Waals surface area contributed by atoms with Gasteiger partial charge in [-0.25, -0.2) is 4.79 Å². The van der Waals surface area contributed by atoms with Crippen molar-refractivity contribution in [1.29, 1.82) is 0 Å². The van der Waals surface area contributed by atoms with Crippen LogP contribution in [0.2, 0.25) is 0 Å². The number of aliphatic hydroxyl groups excluding tert-OH is 3. The van der Waals surface area contributed by atoms with Crippen LogP contribution in [0, 0.1) is 5.82 Å². The average molecular weight is 520 g/mol. The van der Waals surface area contributed by atoms with Crippen molar-refractivity contribution < 1.29 is 57.8 Å². The Labute approximate surface area is 201 Å². The summed E-state index contributed by atoms with van der Waals surface area (Å²) in [6, 6.07) is 0. The number of esters is 3. The smallest absolute Gasteiger partial charge is 0.330 e. The lowest BCUT2D eigenvalue weighted by Gasteiger charge is -2.40. The van der Waals surface area contributed by atoms with Gasteiger partial charge in [0.2, 0.25) is 5.82 Å². The van der Waals surface area contributed by atoms with Crippen molar-refractivity contribution in [2.24, 2.45) is 0 Å². The number of nitrogens with one attached hydrogen (secondary N) is 1. The van der Waals surface area contributed by atoms with Crippen LogP contribution in [0.15, 0.2) is 15.8 Å². The number of nitrogens with zero attached hydrogens (tertiary/aromatic N) is 1. The molecule has 36 heavy (non-hydrogen) atoms. The molecule has 0 spiro atoms. The first-order valence-electron chi connectivity index (χ1n) is 10.7. The molecule has 2 saturated heterocycles. The summed E-state index contributed by atoms with van der Waals surface area (Å²) in [5.41, 5.74) is -2.52. The second-order valence-corrected chi connectivity index (χ2v) is 8.20. The van der Waals surface area contributed by atoms with Crippen LogP contribution in [0.3, 0.4) is 0 Å². The van der Waals surface area contributed by atoms with E-state index in [0.717, 1.165) is 20.8 Å². The Kier molecular flexibility index (Phi) is 8.25. The molecule has 1 aromatic rings. The van der Waals surface area contributed by atoms with Crippen molar-refractivity contribution >= 4 is 17.9 Å². The maximum absolute atomic E-state index is 14.0. The number of H-pyrrole nitrogens is 1. The maximum atomic E-state index is 14.0. The van der Waals surface area contributed by atoms with E-state index in [-0.39, 0.29) is 0 Å². The van der Waals surface area contributed by atoms with E-state index in [0.29, 0.717) is 10.8 Å². The third-order valence-electron chi connectivity index (χ3n) is 5.52. The predicted molar refractivity (Wildman–Crippen MR) is 110 cm³/mol. The molecule has 15 nitrogen and oxygen atoms in total. The molecule has 2 unspecified atom stereocenters. The highest BCUT2D eigenvalue weighted by molar-refractivity contribution is 5.68. The van der Waals surface area contributed by atoms with Crippen LogP contribution in [-0.4, -0.2) is 98.2 Å². The quantitative estimate of drug-likeness (QED) is 0.216. The van der Waals surface area contributed by atoms with E-state index in [1.807, 2.05) is 0 Å². The number of hydrogen-bond donors (Lipinski definition) is 4. The third kappa shape index (κ3) is 5.62. The minimum absolute atomic E-state index is 0.475. The fraction of sp³-hybridized carbons (Fsp3) is 0.650. The number of rotatable bonds is 6. The number of aliphatic hydroxyl groups is 3. The van der Waals surface area contributed by atoms with Gasteiger partial charge in [-0.15, -0.1) is 0 Å². The van der Waals surface area contributed by atoms with E-state index < -0.39 is 96.6 Å². The minimum Gasteiger partial charge on any atom is -0.457 e. The molecule has 0 saturated carbocycles. The summed E-state index contributed by atoms with van der Waals surface area (Å²) >= 11 is 0. The van der Waals surface area contributed by atoms with Gasteiger partial charge in [-0.1, -0.05) is 0 Å². The van der Waals surface area contributed by atoms with Gasteiger partial charge in [0.05, 0.1) is 12.8 Å². The first-order chi connectivity index (χ1) is 16.8. The predicted octanol–water partition coefficient (Wildman–Crippen LogP) is -3.15. The van der Waals surface area contributed by atoms with E-state index in [2.05, 4.69) is 0 Å². The second-order valence-electron chi connectivity index (χ2n) is 8.20. The zero-order valence-corrected chi connectivity index (χ0v) is 19.2. The molecule has 0 radical (unpaired) electrons. The maximum Gasteiger partial charge on any atom is 0.330 e. The molecule has 0 amide bonds. The number of carbonyl (C=O) groups is 3. The van der Waals surface area contributed by atoms with Gasteiger partial charge in [-0.2, -0.15) is 4.39 Å². The van der Waals surface area contributed by atoms with Crippen molar-refractivity contribution in [3.05, 3.63) is 32.9 Å².